The molecule has 0 aliphatic heterocycles. The van der Waals surface area contributed by atoms with Crippen molar-refractivity contribution in [1.82, 2.24) is 5.32 Å². The van der Waals surface area contributed by atoms with Crippen molar-refractivity contribution in [3.63, 3.8) is 0 Å². The van der Waals surface area contributed by atoms with E-state index in [1.165, 1.54) is 35.6 Å². The predicted octanol–water partition coefficient (Wildman–Crippen LogP) is 4.93. The molecule has 0 aliphatic rings. The van der Waals surface area contributed by atoms with Crippen LogP contribution < -0.4 is 5.32 Å². The van der Waals surface area contributed by atoms with Gasteiger partial charge < -0.3 is 5.32 Å². The van der Waals surface area contributed by atoms with E-state index >= 15 is 0 Å². The maximum absolute atomic E-state index is 3.50. The highest BCUT2D eigenvalue weighted by atomic mass is 14.9. The summed E-state index contributed by atoms with van der Waals surface area (Å²) in [7, 11) is 2.07. The van der Waals surface area contributed by atoms with Gasteiger partial charge in [0, 0.05) is 6.04 Å². The lowest BCUT2D eigenvalue weighted by molar-refractivity contribution is 0.408. The van der Waals surface area contributed by atoms with Gasteiger partial charge in [0.1, 0.15) is 0 Å². The molecular weight excluding hydrogens is 230 g/mol. The third kappa shape index (κ3) is 3.36. The molecule has 2 aromatic rings. The smallest absolute Gasteiger partial charge is 0.0326 e. The van der Waals surface area contributed by atoms with Crippen LogP contribution in [-0.2, 0) is 0 Å². The third-order valence-corrected chi connectivity index (χ3v) is 3.97. The van der Waals surface area contributed by atoms with Gasteiger partial charge in [0.25, 0.3) is 0 Å². The summed E-state index contributed by atoms with van der Waals surface area (Å²) in [5, 5.41) is 6.22. The van der Waals surface area contributed by atoms with Crippen LogP contribution in [0.5, 0.6) is 0 Å². The minimum Gasteiger partial charge on any atom is -0.313 e. The molecule has 0 bridgehead atoms. The van der Waals surface area contributed by atoms with Gasteiger partial charge in [-0.05, 0) is 35.7 Å². The first kappa shape index (κ1) is 14.1. The summed E-state index contributed by atoms with van der Waals surface area (Å²) in [6.07, 6.45) is 3.79. The average molecular weight is 255 g/mol. The zero-order valence-corrected chi connectivity index (χ0v) is 12.3. The molecule has 0 heterocycles. The van der Waals surface area contributed by atoms with E-state index in [1.807, 2.05) is 0 Å². The van der Waals surface area contributed by atoms with Crippen molar-refractivity contribution < 1.29 is 0 Å². The predicted molar refractivity (Wildman–Crippen MR) is 84.4 cm³/mol. The van der Waals surface area contributed by atoms with Crippen LogP contribution in [0.15, 0.2) is 42.5 Å². The summed E-state index contributed by atoms with van der Waals surface area (Å²) in [5.41, 5.74) is 1.43. The van der Waals surface area contributed by atoms with Crippen LogP contribution in [0, 0.1) is 5.92 Å². The Labute approximate surface area is 117 Å². The van der Waals surface area contributed by atoms with Gasteiger partial charge in [-0.15, -0.1) is 0 Å². The van der Waals surface area contributed by atoms with Gasteiger partial charge >= 0.3 is 0 Å². The van der Waals surface area contributed by atoms with Gasteiger partial charge in [-0.25, -0.2) is 0 Å². The minimum atomic E-state index is 0.452. The van der Waals surface area contributed by atoms with E-state index in [2.05, 4.69) is 68.7 Å². The van der Waals surface area contributed by atoms with E-state index in [-0.39, 0.29) is 0 Å². The summed E-state index contributed by atoms with van der Waals surface area (Å²) in [6, 6.07) is 15.8. The monoisotopic (exact) mass is 255 g/mol. The number of nitrogens with one attached hydrogen (secondary N) is 1. The molecule has 1 heteroatoms. The molecule has 0 amide bonds. The highest BCUT2D eigenvalue weighted by Gasteiger charge is 2.15. The number of benzene rings is 2. The fourth-order valence-electron chi connectivity index (χ4n) is 2.97. The van der Waals surface area contributed by atoms with E-state index < -0.39 is 0 Å². The lowest BCUT2D eigenvalue weighted by Crippen LogP contribution is -2.19. The second-order valence-corrected chi connectivity index (χ2v) is 5.54. The van der Waals surface area contributed by atoms with Crippen LogP contribution in [0.2, 0.25) is 0 Å². The van der Waals surface area contributed by atoms with Crippen molar-refractivity contribution in [2.75, 3.05) is 7.05 Å². The maximum Gasteiger partial charge on any atom is 0.0326 e. The van der Waals surface area contributed by atoms with Crippen LogP contribution in [0.3, 0.4) is 0 Å². The molecule has 0 radical (unpaired) electrons. The summed E-state index contributed by atoms with van der Waals surface area (Å²) in [5.74, 6) is 0.765. The largest absolute Gasteiger partial charge is 0.313 e. The van der Waals surface area contributed by atoms with Crippen LogP contribution in [-0.4, -0.2) is 7.05 Å². The van der Waals surface area contributed by atoms with Crippen LogP contribution >= 0.6 is 0 Å². The maximum atomic E-state index is 3.50. The van der Waals surface area contributed by atoms with E-state index in [9.17, 15) is 0 Å². The Hall–Kier alpha value is -1.34. The SMILES string of the molecule is CCCC(C)CC(NC)c1cccc2ccccc12. The zero-order valence-electron chi connectivity index (χ0n) is 12.3. The number of rotatable bonds is 6. The van der Waals surface area contributed by atoms with Gasteiger partial charge in [-0.1, -0.05) is 69.2 Å². The number of fused-ring (bicyclic) bond motifs is 1. The van der Waals surface area contributed by atoms with E-state index in [0.717, 1.165) is 5.92 Å². The first-order chi connectivity index (χ1) is 9.26. The van der Waals surface area contributed by atoms with Crippen molar-refractivity contribution in [1.29, 1.82) is 0 Å². The minimum absolute atomic E-state index is 0.452. The normalized spacial score (nSPS) is 14.5. The van der Waals surface area contributed by atoms with Gasteiger partial charge in [0.2, 0.25) is 0 Å². The standard InChI is InChI=1S/C18H25N/c1-4-8-14(2)13-18(19-3)17-12-7-10-15-9-5-6-11-16(15)17/h5-7,9-12,14,18-19H,4,8,13H2,1-3H3. The Kier molecular flexibility index (Phi) is 4.98. The Balaban J connectivity index is 2.30. The van der Waals surface area contributed by atoms with Crippen molar-refractivity contribution in [3.8, 4) is 0 Å². The number of hydrogen-bond acceptors (Lipinski definition) is 1. The molecule has 0 saturated heterocycles. The van der Waals surface area contributed by atoms with E-state index in [0.29, 0.717) is 6.04 Å². The van der Waals surface area contributed by atoms with Crippen molar-refractivity contribution in [3.05, 3.63) is 48.0 Å². The lowest BCUT2D eigenvalue weighted by Gasteiger charge is -2.22. The van der Waals surface area contributed by atoms with Gasteiger partial charge in [0.15, 0.2) is 0 Å². The molecule has 2 unspecified atom stereocenters. The van der Waals surface area contributed by atoms with Gasteiger partial charge in [-0.3, -0.25) is 0 Å². The molecular formula is C18H25N. The fraction of sp³-hybridized carbons (Fsp3) is 0.444. The molecule has 2 aromatic carbocycles. The molecule has 19 heavy (non-hydrogen) atoms. The molecule has 0 fully saturated rings. The molecule has 0 saturated carbocycles. The average Bonchev–Trinajstić information content (AvgIpc) is 2.44. The first-order valence-electron chi connectivity index (χ1n) is 7.41. The molecule has 2 atom stereocenters. The summed E-state index contributed by atoms with van der Waals surface area (Å²) in [6.45, 7) is 4.63. The molecule has 1 N–H and O–H groups in total. The third-order valence-electron chi connectivity index (χ3n) is 3.97. The van der Waals surface area contributed by atoms with Crippen molar-refractivity contribution in [2.45, 2.75) is 39.2 Å². The fourth-order valence-corrected chi connectivity index (χ4v) is 2.97. The lowest BCUT2D eigenvalue weighted by atomic mass is 9.90. The highest BCUT2D eigenvalue weighted by Crippen LogP contribution is 2.29. The molecule has 1 nitrogen and oxygen atoms in total. The molecule has 0 aliphatic carbocycles. The Morgan fingerprint density at radius 2 is 1.79 bits per heavy atom. The summed E-state index contributed by atoms with van der Waals surface area (Å²) >= 11 is 0. The van der Waals surface area contributed by atoms with Gasteiger partial charge in [-0.2, -0.15) is 0 Å². The van der Waals surface area contributed by atoms with Gasteiger partial charge in [0.05, 0.1) is 0 Å². The van der Waals surface area contributed by atoms with Crippen molar-refractivity contribution in [2.24, 2.45) is 5.92 Å². The summed E-state index contributed by atoms with van der Waals surface area (Å²) < 4.78 is 0. The van der Waals surface area contributed by atoms with Crippen LogP contribution in [0.1, 0.15) is 44.7 Å². The molecule has 0 aromatic heterocycles. The van der Waals surface area contributed by atoms with E-state index in [1.54, 1.807) is 0 Å². The highest BCUT2D eigenvalue weighted by molar-refractivity contribution is 5.86. The molecule has 0 spiro atoms. The number of hydrogen-bond donors (Lipinski definition) is 1. The Bertz CT molecular complexity index is 513. The second kappa shape index (κ2) is 6.72. The van der Waals surface area contributed by atoms with Crippen LogP contribution in [0.25, 0.3) is 10.8 Å². The Morgan fingerprint density at radius 1 is 1.05 bits per heavy atom. The molecule has 102 valence electrons. The first-order valence-corrected chi connectivity index (χ1v) is 7.41. The van der Waals surface area contributed by atoms with Crippen molar-refractivity contribution >= 4 is 10.8 Å². The summed E-state index contributed by atoms with van der Waals surface area (Å²) in [4.78, 5) is 0. The van der Waals surface area contributed by atoms with Crippen LogP contribution in [0.4, 0.5) is 0 Å². The quantitative estimate of drug-likeness (QED) is 0.772. The van der Waals surface area contributed by atoms with E-state index in [4.69, 9.17) is 0 Å². The zero-order chi connectivity index (χ0) is 13.7. The Morgan fingerprint density at radius 3 is 2.53 bits per heavy atom. The topological polar surface area (TPSA) is 12.0 Å². The molecule has 2 rings (SSSR count). The second-order valence-electron chi connectivity index (χ2n) is 5.54.